The van der Waals surface area contributed by atoms with E-state index in [0.29, 0.717) is 6.04 Å². The molecular formula is C10H24Cl2N2O. The van der Waals surface area contributed by atoms with E-state index in [0.717, 1.165) is 19.6 Å². The van der Waals surface area contributed by atoms with E-state index in [-0.39, 0.29) is 24.8 Å². The van der Waals surface area contributed by atoms with E-state index in [1.54, 1.807) is 0 Å². The quantitative estimate of drug-likeness (QED) is 0.567. The summed E-state index contributed by atoms with van der Waals surface area (Å²) < 4.78 is 0. The molecule has 5 heteroatoms. The van der Waals surface area contributed by atoms with Gasteiger partial charge in [0, 0.05) is 6.04 Å². The molecular weight excluding hydrogens is 235 g/mol. The van der Waals surface area contributed by atoms with Crippen molar-refractivity contribution in [2.45, 2.75) is 44.6 Å². The van der Waals surface area contributed by atoms with Crippen molar-refractivity contribution in [3.63, 3.8) is 0 Å². The summed E-state index contributed by atoms with van der Waals surface area (Å²) in [4.78, 5) is 5.39. The van der Waals surface area contributed by atoms with Crippen LogP contribution in [-0.4, -0.2) is 26.2 Å². The van der Waals surface area contributed by atoms with Gasteiger partial charge in [-0.3, -0.25) is 0 Å². The molecule has 0 heterocycles. The molecule has 0 unspecified atom stereocenters. The summed E-state index contributed by atoms with van der Waals surface area (Å²) in [6.07, 6.45) is 7.77. The third-order valence-electron chi connectivity index (χ3n) is 2.53. The maximum absolute atomic E-state index is 5.39. The predicted octanol–water partition coefficient (Wildman–Crippen LogP) is 2.29. The van der Waals surface area contributed by atoms with Gasteiger partial charge in [-0.25, -0.2) is 0 Å². The number of hydrogen-bond acceptors (Lipinski definition) is 3. The van der Waals surface area contributed by atoms with Crippen molar-refractivity contribution < 1.29 is 4.84 Å². The van der Waals surface area contributed by atoms with Crippen LogP contribution >= 0.6 is 24.8 Å². The minimum atomic E-state index is 0. The maximum Gasteiger partial charge on any atom is 0.0694 e. The molecule has 94 valence electrons. The second-order valence-corrected chi connectivity index (χ2v) is 3.76. The van der Waals surface area contributed by atoms with Crippen molar-refractivity contribution in [2.75, 3.05) is 20.2 Å². The first-order valence-corrected chi connectivity index (χ1v) is 5.45. The van der Waals surface area contributed by atoms with Crippen LogP contribution < -0.4 is 10.8 Å². The van der Waals surface area contributed by atoms with Gasteiger partial charge in [0.05, 0.1) is 6.61 Å². The van der Waals surface area contributed by atoms with Crippen molar-refractivity contribution in [1.29, 1.82) is 0 Å². The molecule has 1 aliphatic rings. The normalized spacial score (nSPS) is 16.6. The lowest BCUT2D eigenvalue weighted by molar-refractivity contribution is 0.00633. The van der Waals surface area contributed by atoms with E-state index in [1.807, 2.05) is 7.05 Å². The van der Waals surface area contributed by atoms with Crippen LogP contribution in [-0.2, 0) is 4.84 Å². The number of hydrogen-bond donors (Lipinski definition) is 2. The van der Waals surface area contributed by atoms with Crippen LogP contribution in [0.15, 0.2) is 0 Å². The van der Waals surface area contributed by atoms with Gasteiger partial charge in [0.15, 0.2) is 0 Å². The largest absolute Gasteiger partial charge is 0.320 e. The van der Waals surface area contributed by atoms with Gasteiger partial charge in [-0.1, -0.05) is 19.3 Å². The summed E-state index contributed by atoms with van der Waals surface area (Å²) in [7, 11) is 1.97. The molecule has 1 fully saturated rings. The number of nitrogens with one attached hydrogen (secondary N) is 2. The van der Waals surface area contributed by atoms with Crippen LogP contribution in [0.3, 0.4) is 0 Å². The summed E-state index contributed by atoms with van der Waals surface area (Å²) in [6, 6.07) is 0.614. The van der Waals surface area contributed by atoms with Gasteiger partial charge in [-0.05, 0) is 32.9 Å². The van der Waals surface area contributed by atoms with Gasteiger partial charge in [-0.2, -0.15) is 5.48 Å². The van der Waals surface area contributed by atoms with Crippen LogP contribution in [0.4, 0.5) is 0 Å². The standard InChI is InChI=1S/C10H22N2O.2ClH/c1-11-8-5-9-13-12-10-6-3-2-4-7-10;;/h10-12H,2-9H2,1H3;2*1H. The first-order chi connectivity index (χ1) is 6.43. The van der Waals surface area contributed by atoms with Crippen molar-refractivity contribution in [1.82, 2.24) is 10.8 Å². The van der Waals surface area contributed by atoms with E-state index < -0.39 is 0 Å². The van der Waals surface area contributed by atoms with Gasteiger partial charge >= 0.3 is 0 Å². The summed E-state index contributed by atoms with van der Waals surface area (Å²) in [5, 5.41) is 3.10. The fraction of sp³-hybridized carbons (Fsp3) is 1.00. The molecule has 0 atom stereocenters. The van der Waals surface area contributed by atoms with Crippen molar-refractivity contribution in [2.24, 2.45) is 0 Å². The van der Waals surface area contributed by atoms with Crippen molar-refractivity contribution >= 4 is 24.8 Å². The fourth-order valence-corrected chi connectivity index (χ4v) is 1.72. The predicted molar refractivity (Wildman–Crippen MR) is 69.0 cm³/mol. The summed E-state index contributed by atoms with van der Waals surface area (Å²) in [6.45, 7) is 1.85. The monoisotopic (exact) mass is 258 g/mol. The molecule has 0 aliphatic heterocycles. The Labute approximate surface area is 105 Å². The second kappa shape index (κ2) is 12.5. The second-order valence-electron chi connectivity index (χ2n) is 3.76. The lowest BCUT2D eigenvalue weighted by Crippen LogP contribution is -2.31. The van der Waals surface area contributed by atoms with Crippen LogP contribution in [0.1, 0.15) is 38.5 Å². The van der Waals surface area contributed by atoms with E-state index >= 15 is 0 Å². The molecule has 0 radical (unpaired) electrons. The van der Waals surface area contributed by atoms with E-state index in [4.69, 9.17) is 4.84 Å². The van der Waals surface area contributed by atoms with E-state index in [2.05, 4.69) is 10.8 Å². The molecule has 0 saturated heterocycles. The Morgan fingerprint density at radius 1 is 1.13 bits per heavy atom. The van der Waals surface area contributed by atoms with Gasteiger partial charge in [-0.15, -0.1) is 24.8 Å². The Morgan fingerprint density at radius 2 is 1.80 bits per heavy atom. The Kier molecular flexibility index (Phi) is 14.9. The molecule has 0 aromatic rings. The fourth-order valence-electron chi connectivity index (χ4n) is 1.72. The Bertz CT molecular complexity index is 122. The van der Waals surface area contributed by atoms with Crippen LogP contribution in [0.5, 0.6) is 0 Å². The smallest absolute Gasteiger partial charge is 0.0694 e. The molecule has 0 amide bonds. The van der Waals surface area contributed by atoms with Crippen LogP contribution in [0.2, 0.25) is 0 Å². The Morgan fingerprint density at radius 3 is 2.40 bits per heavy atom. The van der Waals surface area contributed by atoms with Crippen molar-refractivity contribution in [3.05, 3.63) is 0 Å². The average Bonchev–Trinajstić information content (AvgIpc) is 2.19. The number of rotatable bonds is 6. The molecule has 0 aromatic carbocycles. The average molecular weight is 259 g/mol. The topological polar surface area (TPSA) is 33.3 Å². The molecule has 0 spiro atoms. The van der Waals surface area contributed by atoms with E-state index in [9.17, 15) is 0 Å². The zero-order chi connectivity index (χ0) is 9.36. The highest BCUT2D eigenvalue weighted by molar-refractivity contribution is 5.85. The van der Waals surface area contributed by atoms with Crippen LogP contribution in [0.25, 0.3) is 0 Å². The maximum atomic E-state index is 5.39. The molecule has 1 rings (SSSR count). The number of halogens is 2. The molecule has 2 N–H and O–H groups in total. The summed E-state index contributed by atoms with van der Waals surface area (Å²) >= 11 is 0. The lowest BCUT2D eigenvalue weighted by Gasteiger charge is -2.22. The third-order valence-corrected chi connectivity index (χ3v) is 2.53. The van der Waals surface area contributed by atoms with E-state index in [1.165, 1.54) is 32.1 Å². The zero-order valence-electron chi connectivity index (χ0n) is 9.46. The highest BCUT2D eigenvalue weighted by Crippen LogP contribution is 2.17. The van der Waals surface area contributed by atoms with Gasteiger partial charge in [0.2, 0.25) is 0 Å². The third kappa shape index (κ3) is 9.39. The van der Waals surface area contributed by atoms with Gasteiger partial charge in [0.1, 0.15) is 0 Å². The zero-order valence-corrected chi connectivity index (χ0v) is 11.1. The molecule has 0 aromatic heterocycles. The van der Waals surface area contributed by atoms with Gasteiger partial charge in [0.25, 0.3) is 0 Å². The minimum Gasteiger partial charge on any atom is -0.320 e. The SMILES string of the molecule is CNCCCONC1CCCCC1.Cl.Cl. The first kappa shape index (κ1) is 17.8. The summed E-state index contributed by atoms with van der Waals surface area (Å²) in [5.41, 5.74) is 3.15. The molecule has 1 aliphatic carbocycles. The van der Waals surface area contributed by atoms with Crippen LogP contribution in [0, 0.1) is 0 Å². The molecule has 15 heavy (non-hydrogen) atoms. The minimum absolute atomic E-state index is 0. The number of hydroxylamine groups is 1. The van der Waals surface area contributed by atoms with Crippen molar-refractivity contribution in [3.8, 4) is 0 Å². The molecule has 3 nitrogen and oxygen atoms in total. The molecule has 0 bridgehead atoms. The highest BCUT2D eigenvalue weighted by Gasteiger charge is 2.12. The first-order valence-electron chi connectivity index (χ1n) is 5.45. The molecule has 1 saturated carbocycles. The highest BCUT2D eigenvalue weighted by atomic mass is 35.5. The lowest BCUT2D eigenvalue weighted by atomic mass is 9.96. The Balaban J connectivity index is 0. The summed E-state index contributed by atoms with van der Waals surface area (Å²) in [5.74, 6) is 0. The Hall–Kier alpha value is 0.460. The van der Waals surface area contributed by atoms with Gasteiger partial charge < -0.3 is 10.2 Å².